The van der Waals surface area contributed by atoms with Crippen molar-refractivity contribution in [3.63, 3.8) is 0 Å². The first-order chi connectivity index (χ1) is 13.8. The monoisotopic (exact) mass is 439 g/mol. The van der Waals surface area contributed by atoms with E-state index in [0.29, 0.717) is 13.1 Å². The van der Waals surface area contributed by atoms with Gasteiger partial charge in [-0.1, -0.05) is 30.7 Å². The van der Waals surface area contributed by atoms with Gasteiger partial charge in [-0.15, -0.1) is 0 Å². The molecule has 2 aromatic carbocycles. The van der Waals surface area contributed by atoms with E-state index in [9.17, 15) is 17.6 Å². The summed E-state index contributed by atoms with van der Waals surface area (Å²) in [7, 11) is -3.75. The highest BCUT2D eigenvalue weighted by Crippen LogP contribution is 2.23. The molecular weight excluding hydrogens is 417 g/mol. The maximum Gasteiger partial charge on any atom is 0.243 e. The van der Waals surface area contributed by atoms with Crippen LogP contribution in [0.25, 0.3) is 0 Å². The predicted octanol–water partition coefficient (Wildman–Crippen LogP) is 2.99. The molecule has 0 saturated carbocycles. The lowest BCUT2D eigenvalue weighted by molar-refractivity contribution is -0.117. The first-order valence-corrected chi connectivity index (χ1v) is 11.2. The van der Waals surface area contributed by atoms with Crippen molar-refractivity contribution >= 4 is 33.2 Å². The number of carbonyl (C=O) groups excluding carboxylic acids is 1. The molecule has 29 heavy (non-hydrogen) atoms. The predicted molar refractivity (Wildman–Crippen MR) is 111 cm³/mol. The number of hydrogen-bond acceptors (Lipinski definition) is 4. The van der Waals surface area contributed by atoms with Crippen LogP contribution in [0.2, 0.25) is 5.02 Å². The third-order valence-electron chi connectivity index (χ3n) is 4.87. The summed E-state index contributed by atoms with van der Waals surface area (Å²) in [6.07, 6.45) is 0.936. The molecule has 156 valence electrons. The van der Waals surface area contributed by atoms with Crippen molar-refractivity contribution in [3.8, 4) is 0 Å². The standard InChI is InChI=1S/C20H23ClFN3O3S/c1-2-15-3-5-16(6-4-15)23-20(26)14-24-9-11-25(12-10-24)29(27,28)17-7-8-19(22)18(21)13-17/h3-8,13H,2,9-12,14H2,1H3,(H,23,26). The second-order valence-corrected chi connectivity index (χ2v) is 9.20. The molecule has 0 spiro atoms. The fourth-order valence-corrected chi connectivity index (χ4v) is 4.84. The van der Waals surface area contributed by atoms with Gasteiger partial charge in [0, 0.05) is 31.9 Å². The Morgan fingerprint density at radius 2 is 1.76 bits per heavy atom. The van der Waals surface area contributed by atoms with Gasteiger partial charge in [-0.25, -0.2) is 12.8 Å². The summed E-state index contributed by atoms with van der Waals surface area (Å²) in [4.78, 5) is 14.1. The van der Waals surface area contributed by atoms with Crippen LogP contribution in [0.1, 0.15) is 12.5 Å². The highest BCUT2D eigenvalue weighted by atomic mass is 35.5. The number of rotatable bonds is 6. The van der Waals surface area contributed by atoms with E-state index in [-0.39, 0.29) is 35.5 Å². The zero-order valence-electron chi connectivity index (χ0n) is 16.1. The lowest BCUT2D eigenvalue weighted by Crippen LogP contribution is -2.50. The van der Waals surface area contributed by atoms with Crippen molar-refractivity contribution in [2.75, 3.05) is 38.0 Å². The smallest absolute Gasteiger partial charge is 0.243 e. The third-order valence-corrected chi connectivity index (χ3v) is 7.06. The first-order valence-electron chi connectivity index (χ1n) is 9.36. The van der Waals surface area contributed by atoms with Gasteiger partial charge in [0.05, 0.1) is 16.5 Å². The van der Waals surface area contributed by atoms with E-state index in [1.54, 1.807) is 0 Å². The number of anilines is 1. The van der Waals surface area contributed by atoms with Gasteiger partial charge in [-0.2, -0.15) is 4.31 Å². The molecule has 0 aromatic heterocycles. The van der Waals surface area contributed by atoms with E-state index in [1.807, 2.05) is 29.2 Å². The van der Waals surface area contributed by atoms with E-state index < -0.39 is 15.8 Å². The van der Waals surface area contributed by atoms with E-state index in [2.05, 4.69) is 12.2 Å². The number of nitrogens with one attached hydrogen (secondary N) is 1. The van der Waals surface area contributed by atoms with Crippen LogP contribution in [0.4, 0.5) is 10.1 Å². The van der Waals surface area contributed by atoms with E-state index in [0.717, 1.165) is 24.2 Å². The number of amides is 1. The number of piperazine rings is 1. The molecule has 1 fully saturated rings. The van der Waals surface area contributed by atoms with Gasteiger partial charge in [0.15, 0.2) is 0 Å². The zero-order chi connectivity index (χ0) is 21.0. The molecule has 0 atom stereocenters. The topological polar surface area (TPSA) is 69.7 Å². The quantitative estimate of drug-likeness (QED) is 0.751. The van der Waals surface area contributed by atoms with Crippen molar-refractivity contribution in [3.05, 3.63) is 58.9 Å². The molecule has 0 unspecified atom stereocenters. The van der Waals surface area contributed by atoms with E-state index in [1.165, 1.54) is 15.9 Å². The van der Waals surface area contributed by atoms with Gasteiger partial charge in [0.2, 0.25) is 15.9 Å². The minimum absolute atomic E-state index is 0.0365. The molecule has 6 nitrogen and oxygen atoms in total. The van der Waals surface area contributed by atoms with Crippen molar-refractivity contribution in [2.24, 2.45) is 0 Å². The molecule has 0 radical (unpaired) electrons. The molecule has 1 aliphatic heterocycles. The Balaban J connectivity index is 1.54. The SMILES string of the molecule is CCc1ccc(NC(=O)CN2CCN(S(=O)(=O)c3ccc(F)c(Cl)c3)CC2)cc1. The van der Waals surface area contributed by atoms with Gasteiger partial charge in [-0.05, 0) is 42.3 Å². The minimum Gasteiger partial charge on any atom is -0.325 e. The van der Waals surface area contributed by atoms with Gasteiger partial charge in [0.25, 0.3) is 0 Å². The Hall–Kier alpha value is -2.00. The second-order valence-electron chi connectivity index (χ2n) is 6.85. The Labute approximate surface area is 175 Å². The van der Waals surface area contributed by atoms with Gasteiger partial charge >= 0.3 is 0 Å². The summed E-state index contributed by atoms with van der Waals surface area (Å²) in [6.45, 7) is 3.60. The van der Waals surface area contributed by atoms with Crippen LogP contribution in [0.5, 0.6) is 0 Å². The Morgan fingerprint density at radius 1 is 1.10 bits per heavy atom. The molecule has 1 aliphatic rings. The lowest BCUT2D eigenvalue weighted by Gasteiger charge is -2.33. The number of carbonyl (C=O) groups is 1. The Morgan fingerprint density at radius 3 is 2.34 bits per heavy atom. The fraction of sp³-hybridized carbons (Fsp3) is 0.350. The number of nitrogens with zero attached hydrogens (tertiary/aromatic N) is 2. The average molecular weight is 440 g/mol. The van der Waals surface area contributed by atoms with Crippen LogP contribution < -0.4 is 5.32 Å². The van der Waals surface area contributed by atoms with E-state index in [4.69, 9.17) is 11.6 Å². The van der Waals surface area contributed by atoms with Gasteiger partial charge < -0.3 is 5.32 Å². The Kier molecular flexibility index (Phi) is 6.89. The summed E-state index contributed by atoms with van der Waals surface area (Å²) < 4.78 is 40.1. The average Bonchev–Trinajstić information content (AvgIpc) is 2.71. The fourth-order valence-electron chi connectivity index (χ4n) is 3.14. The van der Waals surface area contributed by atoms with Crippen LogP contribution in [-0.4, -0.2) is 56.3 Å². The highest BCUT2D eigenvalue weighted by Gasteiger charge is 2.29. The molecule has 3 rings (SSSR count). The molecule has 2 aromatic rings. The van der Waals surface area contributed by atoms with Crippen LogP contribution in [0, 0.1) is 5.82 Å². The summed E-state index contributed by atoms with van der Waals surface area (Å²) in [5, 5.41) is 2.63. The maximum absolute atomic E-state index is 13.3. The molecule has 1 saturated heterocycles. The molecular formula is C20H23ClFN3O3S. The highest BCUT2D eigenvalue weighted by molar-refractivity contribution is 7.89. The van der Waals surface area contributed by atoms with Crippen molar-refractivity contribution in [2.45, 2.75) is 18.2 Å². The molecule has 0 aliphatic carbocycles. The van der Waals surface area contributed by atoms with Gasteiger partial charge in [0.1, 0.15) is 5.82 Å². The molecule has 1 N–H and O–H groups in total. The number of sulfonamides is 1. The number of aryl methyl sites for hydroxylation is 1. The number of hydrogen-bond donors (Lipinski definition) is 1. The molecule has 0 bridgehead atoms. The minimum atomic E-state index is -3.75. The summed E-state index contributed by atoms with van der Waals surface area (Å²) in [5.41, 5.74) is 1.93. The van der Waals surface area contributed by atoms with Crippen LogP contribution in [-0.2, 0) is 21.2 Å². The van der Waals surface area contributed by atoms with Crippen LogP contribution >= 0.6 is 11.6 Å². The first kappa shape index (κ1) is 21.7. The summed E-state index contributed by atoms with van der Waals surface area (Å²) in [5.74, 6) is -0.804. The Bertz CT molecular complexity index is 975. The number of benzene rings is 2. The number of halogens is 2. The summed E-state index contributed by atoms with van der Waals surface area (Å²) in [6, 6.07) is 11.1. The maximum atomic E-state index is 13.3. The second kappa shape index (κ2) is 9.21. The largest absolute Gasteiger partial charge is 0.325 e. The molecule has 9 heteroatoms. The van der Waals surface area contributed by atoms with Crippen LogP contribution in [0.15, 0.2) is 47.4 Å². The molecule has 1 amide bonds. The normalized spacial score (nSPS) is 16.0. The third kappa shape index (κ3) is 5.33. The van der Waals surface area contributed by atoms with Crippen molar-refractivity contribution in [1.29, 1.82) is 0 Å². The summed E-state index contributed by atoms with van der Waals surface area (Å²) >= 11 is 5.71. The van der Waals surface area contributed by atoms with Crippen molar-refractivity contribution < 1.29 is 17.6 Å². The zero-order valence-corrected chi connectivity index (χ0v) is 17.6. The van der Waals surface area contributed by atoms with Crippen LogP contribution in [0.3, 0.4) is 0 Å². The van der Waals surface area contributed by atoms with Crippen molar-refractivity contribution in [1.82, 2.24) is 9.21 Å². The van der Waals surface area contributed by atoms with Gasteiger partial charge in [-0.3, -0.25) is 9.69 Å². The van der Waals surface area contributed by atoms with E-state index >= 15 is 0 Å². The lowest BCUT2D eigenvalue weighted by atomic mass is 10.1. The molecule has 1 heterocycles.